The summed E-state index contributed by atoms with van der Waals surface area (Å²) in [6.07, 6.45) is 2.52. The average Bonchev–Trinajstić information content (AvgIpc) is 2.18. The highest BCUT2D eigenvalue weighted by atomic mass is 16.5. The van der Waals surface area contributed by atoms with Gasteiger partial charge in [-0.1, -0.05) is 13.8 Å². The predicted molar refractivity (Wildman–Crippen MR) is 56.6 cm³/mol. The van der Waals surface area contributed by atoms with Crippen LogP contribution < -0.4 is 0 Å². The van der Waals surface area contributed by atoms with Crippen LogP contribution in [-0.4, -0.2) is 31.6 Å². The maximum atomic E-state index is 10.3. The monoisotopic (exact) mass is 201 g/mol. The molecule has 0 fully saturated rings. The summed E-state index contributed by atoms with van der Waals surface area (Å²) in [5.41, 5.74) is 0. The van der Waals surface area contributed by atoms with Crippen molar-refractivity contribution in [1.82, 2.24) is 0 Å². The molecule has 0 aliphatic carbocycles. The minimum atomic E-state index is -0.380. The van der Waals surface area contributed by atoms with E-state index in [4.69, 9.17) is 0 Å². The summed E-state index contributed by atoms with van der Waals surface area (Å²) >= 11 is 0. The minimum Gasteiger partial charge on any atom is -0.462 e. The fourth-order valence-corrected chi connectivity index (χ4v) is 0.535. The third-order valence-electron chi connectivity index (χ3n) is 1.31. The molecule has 4 nitrogen and oxygen atoms in total. The fraction of sp³-hybridized carbons (Fsp3) is 0.700. The Morgan fingerprint density at radius 3 is 1.93 bits per heavy atom. The molecule has 0 rings (SSSR count). The van der Waals surface area contributed by atoms with Crippen molar-refractivity contribution < 1.29 is 14.3 Å². The van der Waals surface area contributed by atoms with Crippen molar-refractivity contribution >= 4 is 18.0 Å². The number of hydrogen-bond acceptors (Lipinski definition) is 4. The van der Waals surface area contributed by atoms with E-state index in [9.17, 15) is 9.59 Å². The zero-order valence-electron chi connectivity index (χ0n) is 9.37. The molecule has 0 saturated heterocycles. The second-order valence-corrected chi connectivity index (χ2v) is 2.39. The number of esters is 1. The van der Waals surface area contributed by atoms with Crippen LogP contribution in [0.15, 0.2) is 4.99 Å². The van der Waals surface area contributed by atoms with E-state index in [0.29, 0.717) is 25.2 Å². The summed E-state index contributed by atoms with van der Waals surface area (Å²) in [5, 5.41) is 0. The average molecular weight is 201 g/mol. The lowest BCUT2D eigenvalue weighted by molar-refractivity contribution is -0.134. The van der Waals surface area contributed by atoms with Gasteiger partial charge in [-0.15, -0.1) is 0 Å². The van der Waals surface area contributed by atoms with Gasteiger partial charge in [0, 0.05) is 19.9 Å². The molecule has 14 heavy (non-hydrogen) atoms. The van der Waals surface area contributed by atoms with Crippen molar-refractivity contribution in [3.8, 4) is 0 Å². The third kappa shape index (κ3) is 13.4. The predicted octanol–water partition coefficient (Wildman–Crippen LogP) is 1.63. The van der Waals surface area contributed by atoms with Gasteiger partial charge in [0.05, 0.1) is 6.61 Å². The topological polar surface area (TPSA) is 55.7 Å². The first-order valence-corrected chi connectivity index (χ1v) is 4.72. The van der Waals surface area contributed by atoms with Gasteiger partial charge in [0.25, 0.3) is 0 Å². The lowest BCUT2D eigenvalue weighted by Crippen LogP contribution is -2.03. The van der Waals surface area contributed by atoms with Gasteiger partial charge in [-0.05, 0) is 6.92 Å². The highest BCUT2D eigenvalue weighted by Crippen LogP contribution is 1.83. The third-order valence-corrected chi connectivity index (χ3v) is 1.31. The van der Waals surface area contributed by atoms with Crippen molar-refractivity contribution in [1.29, 1.82) is 0 Å². The fourth-order valence-electron chi connectivity index (χ4n) is 0.535. The minimum absolute atomic E-state index is 0.343. The number of aliphatic imine (C=N–C) groups is 1. The Bertz CT molecular complexity index is 182. The zero-order valence-corrected chi connectivity index (χ0v) is 9.37. The second-order valence-electron chi connectivity index (χ2n) is 2.39. The SMILES string of the molecule is CCC(=O)CC.CCOC(=O)C=NC. The van der Waals surface area contributed by atoms with Crippen molar-refractivity contribution in [2.45, 2.75) is 33.6 Å². The number of carbonyl (C=O) groups is 2. The molecule has 0 aliphatic rings. The molecule has 0 N–H and O–H groups in total. The summed E-state index contributed by atoms with van der Waals surface area (Å²) < 4.78 is 4.49. The molecular weight excluding hydrogens is 182 g/mol. The summed E-state index contributed by atoms with van der Waals surface area (Å²) in [7, 11) is 1.52. The van der Waals surface area contributed by atoms with Gasteiger partial charge in [-0.2, -0.15) is 0 Å². The molecule has 0 aromatic rings. The molecule has 82 valence electrons. The van der Waals surface area contributed by atoms with Gasteiger partial charge in [-0.25, -0.2) is 4.79 Å². The number of Topliss-reactive ketones (excluding diaryl/α,β-unsaturated/α-hetero) is 1. The van der Waals surface area contributed by atoms with Crippen LogP contribution in [0.1, 0.15) is 33.6 Å². The zero-order chi connectivity index (χ0) is 11.4. The van der Waals surface area contributed by atoms with Crippen LogP contribution in [0.4, 0.5) is 0 Å². The molecule has 0 amide bonds. The van der Waals surface area contributed by atoms with E-state index in [-0.39, 0.29) is 5.97 Å². The maximum absolute atomic E-state index is 10.3. The summed E-state index contributed by atoms with van der Waals surface area (Å²) in [6, 6.07) is 0. The van der Waals surface area contributed by atoms with Gasteiger partial charge < -0.3 is 4.74 Å². The first-order valence-electron chi connectivity index (χ1n) is 4.72. The Hall–Kier alpha value is -1.19. The number of carbonyl (C=O) groups excluding carboxylic acids is 2. The first kappa shape index (κ1) is 15.3. The largest absolute Gasteiger partial charge is 0.462 e. The molecule has 4 heteroatoms. The molecule has 0 aromatic heterocycles. The van der Waals surface area contributed by atoms with Crippen molar-refractivity contribution in [2.75, 3.05) is 13.7 Å². The van der Waals surface area contributed by atoms with Gasteiger partial charge in [0.1, 0.15) is 12.0 Å². The van der Waals surface area contributed by atoms with Crippen LogP contribution in [0, 0.1) is 0 Å². The summed E-state index contributed by atoms with van der Waals surface area (Å²) in [4.78, 5) is 23.9. The Morgan fingerprint density at radius 1 is 1.21 bits per heavy atom. The molecule has 0 saturated carbocycles. The maximum Gasteiger partial charge on any atom is 0.348 e. The van der Waals surface area contributed by atoms with E-state index in [0.717, 1.165) is 6.21 Å². The van der Waals surface area contributed by atoms with Gasteiger partial charge in [0.2, 0.25) is 0 Å². The van der Waals surface area contributed by atoms with Gasteiger partial charge >= 0.3 is 5.97 Å². The van der Waals surface area contributed by atoms with Crippen LogP contribution in [0.2, 0.25) is 0 Å². The Labute approximate surface area is 85.4 Å². The summed E-state index contributed by atoms with van der Waals surface area (Å²) in [6.45, 7) is 5.92. The Balaban J connectivity index is 0. The Morgan fingerprint density at radius 2 is 1.71 bits per heavy atom. The summed E-state index contributed by atoms with van der Waals surface area (Å²) in [5.74, 6) is -0.0370. The number of hydrogen-bond donors (Lipinski definition) is 0. The van der Waals surface area contributed by atoms with Crippen molar-refractivity contribution in [3.05, 3.63) is 0 Å². The molecule has 0 unspecified atom stereocenters. The number of nitrogens with zero attached hydrogens (tertiary/aromatic N) is 1. The van der Waals surface area contributed by atoms with E-state index in [2.05, 4.69) is 9.73 Å². The highest BCUT2D eigenvalue weighted by Gasteiger charge is 1.90. The van der Waals surface area contributed by atoms with E-state index >= 15 is 0 Å². The molecule has 0 spiro atoms. The molecule has 0 aliphatic heterocycles. The van der Waals surface area contributed by atoms with Crippen LogP contribution in [0.25, 0.3) is 0 Å². The quantitative estimate of drug-likeness (QED) is 0.513. The number of rotatable bonds is 4. The van der Waals surface area contributed by atoms with E-state index < -0.39 is 0 Å². The number of ketones is 1. The van der Waals surface area contributed by atoms with Crippen molar-refractivity contribution in [3.63, 3.8) is 0 Å². The van der Waals surface area contributed by atoms with Crippen LogP contribution >= 0.6 is 0 Å². The second kappa shape index (κ2) is 11.8. The van der Waals surface area contributed by atoms with E-state index in [1.165, 1.54) is 7.05 Å². The lowest BCUT2D eigenvalue weighted by atomic mass is 10.3. The van der Waals surface area contributed by atoms with E-state index in [1.807, 2.05) is 13.8 Å². The number of ether oxygens (including phenoxy) is 1. The normalized spacial score (nSPS) is 9.14. The molecule has 0 radical (unpaired) electrons. The van der Waals surface area contributed by atoms with Crippen molar-refractivity contribution in [2.24, 2.45) is 4.99 Å². The van der Waals surface area contributed by atoms with Crippen LogP contribution in [0.5, 0.6) is 0 Å². The standard InChI is InChI=1S/C5H9NO2.C5H10O/c1-3-8-5(7)4-6-2;1-3-5(6)4-2/h4H,3H2,1-2H3;3-4H2,1-2H3. The Kier molecular flexibility index (Phi) is 12.9. The van der Waals surface area contributed by atoms with E-state index in [1.54, 1.807) is 6.92 Å². The van der Waals surface area contributed by atoms with Crippen LogP contribution in [0.3, 0.4) is 0 Å². The molecular formula is C10H19NO3. The van der Waals surface area contributed by atoms with Gasteiger partial charge in [0.15, 0.2) is 0 Å². The first-order chi connectivity index (χ1) is 6.62. The highest BCUT2D eigenvalue weighted by molar-refractivity contribution is 6.23. The molecule has 0 atom stereocenters. The molecule has 0 aromatic carbocycles. The lowest BCUT2D eigenvalue weighted by Gasteiger charge is -1.91. The smallest absolute Gasteiger partial charge is 0.348 e. The molecule has 0 heterocycles. The van der Waals surface area contributed by atoms with Crippen LogP contribution in [-0.2, 0) is 14.3 Å². The van der Waals surface area contributed by atoms with Gasteiger partial charge in [-0.3, -0.25) is 9.79 Å². The molecule has 0 bridgehead atoms.